The number of esters is 2. The van der Waals surface area contributed by atoms with E-state index in [-0.39, 0.29) is 5.41 Å². The first kappa shape index (κ1) is 25.3. The number of carbonyl (C=O) groups is 2. The Labute approximate surface area is 191 Å². The van der Waals surface area contributed by atoms with E-state index in [4.69, 9.17) is 4.74 Å². The lowest BCUT2D eigenvalue weighted by atomic mass is 9.72. The van der Waals surface area contributed by atoms with Crippen molar-refractivity contribution < 1.29 is 19.4 Å². The van der Waals surface area contributed by atoms with Crippen LogP contribution in [0.2, 0.25) is 0 Å². The molecule has 1 atom stereocenters. The lowest BCUT2D eigenvalue weighted by Gasteiger charge is -2.32. The summed E-state index contributed by atoms with van der Waals surface area (Å²) in [5.74, 6) is -1.81. The zero-order chi connectivity index (χ0) is 23.7. The molecule has 0 radical (unpaired) electrons. The molecule has 0 heterocycles. The highest BCUT2D eigenvalue weighted by molar-refractivity contribution is 5.94. The van der Waals surface area contributed by atoms with Crippen molar-refractivity contribution in [2.45, 2.75) is 60.0 Å². The van der Waals surface area contributed by atoms with Crippen LogP contribution in [0.1, 0.15) is 65.5 Å². The summed E-state index contributed by atoms with van der Waals surface area (Å²) in [7, 11) is 0. The molecule has 0 saturated heterocycles. The highest BCUT2D eigenvalue weighted by Crippen LogP contribution is 2.40. The molecule has 0 amide bonds. The fourth-order valence-electron chi connectivity index (χ4n) is 3.82. The Morgan fingerprint density at radius 3 is 2.44 bits per heavy atom. The van der Waals surface area contributed by atoms with Crippen LogP contribution in [0.15, 0.2) is 89.1 Å². The normalized spacial score (nSPS) is 18.3. The Kier molecular flexibility index (Phi) is 9.15. The summed E-state index contributed by atoms with van der Waals surface area (Å²) in [6.45, 7) is 10.6. The van der Waals surface area contributed by atoms with E-state index < -0.39 is 18.0 Å². The number of hydrogen-bond acceptors (Lipinski definition) is 4. The lowest BCUT2D eigenvalue weighted by Crippen LogP contribution is -2.19. The molecule has 0 bridgehead atoms. The van der Waals surface area contributed by atoms with Crippen molar-refractivity contribution in [3.05, 3.63) is 94.6 Å². The van der Waals surface area contributed by atoms with Crippen LogP contribution in [0.4, 0.5) is 0 Å². The van der Waals surface area contributed by atoms with E-state index in [2.05, 4.69) is 32.9 Å². The van der Waals surface area contributed by atoms with Crippen LogP contribution in [0.5, 0.6) is 0 Å². The Hall–Kier alpha value is -2.98. The standard InChI is InChI=1S/C28H34O4/c1-20(16-17-24-22(3)13-10-18-28(24,4)5)11-9-12-21(2)19-25(29)32-27(31)26(30)23-14-7-6-8-15-23/h6-9,11-12,14-17,19,26,30H,10,13,18H2,1-5H3. The predicted molar refractivity (Wildman–Crippen MR) is 129 cm³/mol. The summed E-state index contributed by atoms with van der Waals surface area (Å²) in [4.78, 5) is 23.9. The summed E-state index contributed by atoms with van der Waals surface area (Å²) < 4.78 is 4.73. The van der Waals surface area contributed by atoms with Crippen molar-refractivity contribution in [3.63, 3.8) is 0 Å². The maximum Gasteiger partial charge on any atom is 0.347 e. The van der Waals surface area contributed by atoms with Gasteiger partial charge in [-0.1, -0.05) is 85.7 Å². The Balaban J connectivity index is 1.93. The van der Waals surface area contributed by atoms with Gasteiger partial charge in [0.25, 0.3) is 0 Å². The summed E-state index contributed by atoms with van der Waals surface area (Å²) in [5.41, 5.74) is 5.20. The average Bonchev–Trinajstić information content (AvgIpc) is 2.72. The van der Waals surface area contributed by atoms with Gasteiger partial charge in [-0.2, -0.15) is 0 Å². The molecule has 1 aliphatic rings. The molecular weight excluding hydrogens is 400 g/mol. The first-order valence-corrected chi connectivity index (χ1v) is 11.0. The van der Waals surface area contributed by atoms with E-state index in [1.807, 2.05) is 19.1 Å². The second kappa shape index (κ2) is 11.6. The monoisotopic (exact) mass is 434 g/mol. The number of aliphatic hydroxyl groups excluding tert-OH is 1. The Morgan fingerprint density at radius 1 is 1.09 bits per heavy atom. The second-order valence-corrected chi connectivity index (χ2v) is 8.98. The number of ether oxygens (including phenoxy) is 1. The molecule has 1 aromatic rings. The summed E-state index contributed by atoms with van der Waals surface area (Å²) in [6, 6.07) is 8.35. The van der Waals surface area contributed by atoms with Gasteiger partial charge in [0.15, 0.2) is 6.10 Å². The van der Waals surface area contributed by atoms with Gasteiger partial charge in [0.05, 0.1) is 0 Å². The molecular formula is C28H34O4. The van der Waals surface area contributed by atoms with E-state index in [1.54, 1.807) is 43.3 Å². The highest BCUT2D eigenvalue weighted by atomic mass is 16.6. The maximum absolute atomic E-state index is 12.0. The molecule has 170 valence electrons. The molecule has 0 aliphatic heterocycles. The largest absolute Gasteiger partial charge is 0.388 e. The third kappa shape index (κ3) is 7.61. The minimum atomic E-state index is -1.49. The molecule has 2 rings (SSSR count). The van der Waals surface area contributed by atoms with Crippen molar-refractivity contribution >= 4 is 11.9 Å². The molecule has 0 aromatic heterocycles. The zero-order valence-corrected chi connectivity index (χ0v) is 19.7. The smallest absolute Gasteiger partial charge is 0.347 e. The number of carbonyl (C=O) groups excluding carboxylic acids is 2. The van der Waals surface area contributed by atoms with Crippen molar-refractivity contribution in [2.75, 3.05) is 0 Å². The Morgan fingerprint density at radius 2 is 1.78 bits per heavy atom. The number of aliphatic hydroxyl groups is 1. The fraction of sp³-hybridized carbons (Fsp3) is 0.357. The molecule has 0 saturated carbocycles. The van der Waals surface area contributed by atoms with Crippen LogP contribution >= 0.6 is 0 Å². The quantitative estimate of drug-likeness (QED) is 0.236. The second-order valence-electron chi connectivity index (χ2n) is 8.98. The van der Waals surface area contributed by atoms with Crippen molar-refractivity contribution in [3.8, 4) is 0 Å². The fourth-order valence-corrected chi connectivity index (χ4v) is 3.82. The summed E-state index contributed by atoms with van der Waals surface area (Å²) in [6.07, 6.45) is 13.3. The van der Waals surface area contributed by atoms with Gasteiger partial charge in [0.1, 0.15) is 0 Å². The number of rotatable bonds is 7. The van der Waals surface area contributed by atoms with E-state index in [0.29, 0.717) is 11.1 Å². The van der Waals surface area contributed by atoms with E-state index in [9.17, 15) is 14.7 Å². The predicted octanol–water partition coefficient (Wildman–Crippen LogP) is 6.32. The molecule has 1 aromatic carbocycles. The van der Waals surface area contributed by atoms with E-state index in [0.717, 1.165) is 12.0 Å². The number of hydrogen-bond donors (Lipinski definition) is 1. The van der Waals surface area contributed by atoms with Gasteiger partial charge < -0.3 is 9.84 Å². The molecule has 4 heteroatoms. The third-order valence-electron chi connectivity index (χ3n) is 5.66. The highest BCUT2D eigenvalue weighted by Gasteiger charge is 2.26. The molecule has 1 N–H and O–H groups in total. The summed E-state index contributed by atoms with van der Waals surface area (Å²) in [5, 5.41) is 9.99. The minimum absolute atomic E-state index is 0.208. The maximum atomic E-state index is 12.0. The van der Waals surface area contributed by atoms with Gasteiger partial charge >= 0.3 is 11.9 Å². The zero-order valence-electron chi connectivity index (χ0n) is 19.7. The van der Waals surface area contributed by atoms with Gasteiger partial charge in [-0.05, 0) is 62.2 Å². The number of allylic oxidation sites excluding steroid dienone is 9. The van der Waals surface area contributed by atoms with E-state index >= 15 is 0 Å². The van der Waals surface area contributed by atoms with Crippen molar-refractivity contribution in [1.29, 1.82) is 0 Å². The molecule has 1 aliphatic carbocycles. The van der Waals surface area contributed by atoms with Crippen LogP contribution in [0.3, 0.4) is 0 Å². The van der Waals surface area contributed by atoms with Gasteiger partial charge in [-0.25, -0.2) is 9.59 Å². The average molecular weight is 435 g/mol. The first-order chi connectivity index (χ1) is 15.1. The summed E-state index contributed by atoms with van der Waals surface area (Å²) >= 11 is 0. The van der Waals surface area contributed by atoms with Crippen LogP contribution in [-0.4, -0.2) is 17.0 Å². The van der Waals surface area contributed by atoms with Crippen LogP contribution in [0, 0.1) is 5.41 Å². The van der Waals surface area contributed by atoms with Crippen LogP contribution < -0.4 is 0 Å². The molecule has 4 nitrogen and oxygen atoms in total. The van der Waals surface area contributed by atoms with Gasteiger partial charge in [-0.3, -0.25) is 0 Å². The molecule has 32 heavy (non-hydrogen) atoms. The first-order valence-electron chi connectivity index (χ1n) is 11.0. The molecule has 0 fully saturated rings. The van der Waals surface area contributed by atoms with Gasteiger partial charge in [0, 0.05) is 6.08 Å². The Bertz CT molecular complexity index is 972. The van der Waals surface area contributed by atoms with Gasteiger partial charge in [0.2, 0.25) is 0 Å². The topological polar surface area (TPSA) is 63.6 Å². The van der Waals surface area contributed by atoms with Crippen LogP contribution in [-0.2, 0) is 14.3 Å². The molecule has 0 spiro atoms. The van der Waals surface area contributed by atoms with Crippen molar-refractivity contribution in [2.24, 2.45) is 5.41 Å². The SMILES string of the molecule is CC(C=CC1=C(C)CCCC1(C)C)=CC=CC(C)=CC(=O)OC(=O)C(O)c1ccccc1. The third-order valence-corrected chi connectivity index (χ3v) is 5.66. The number of benzene rings is 1. The molecule has 1 unspecified atom stereocenters. The van der Waals surface area contributed by atoms with Crippen LogP contribution in [0.25, 0.3) is 0 Å². The minimum Gasteiger partial charge on any atom is -0.388 e. The van der Waals surface area contributed by atoms with E-state index in [1.165, 1.54) is 30.1 Å². The lowest BCUT2D eigenvalue weighted by molar-refractivity contribution is -0.163. The van der Waals surface area contributed by atoms with Crippen molar-refractivity contribution in [1.82, 2.24) is 0 Å². The van der Waals surface area contributed by atoms with Gasteiger partial charge in [-0.15, -0.1) is 0 Å².